The van der Waals surface area contributed by atoms with Gasteiger partial charge in [0.05, 0.1) is 29.5 Å². The van der Waals surface area contributed by atoms with Gasteiger partial charge in [-0.3, -0.25) is 20.4 Å². The number of thiazole rings is 1. The molecule has 2 amide bonds. The van der Waals surface area contributed by atoms with Gasteiger partial charge in [0.2, 0.25) is 0 Å². The maximum atomic E-state index is 12.7. The van der Waals surface area contributed by atoms with Crippen molar-refractivity contribution in [1.82, 2.24) is 25.6 Å². The Morgan fingerprint density at radius 2 is 1.84 bits per heavy atom. The molecule has 0 spiro atoms. The van der Waals surface area contributed by atoms with Crippen LogP contribution in [0.4, 0.5) is 5.13 Å². The van der Waals surface area contributed by atoms with Crippen molar-refractivity contribution in [2.24, 2.45) is 0 Å². The fraction of sp³-hybridized carbons (Fsp3) is 0.238. The summed E-state index contributed by atoms with van der Waals surface area (Å²) in [4.78, 5) is 33.0. The molecule has 164 valence electrons. The van der Waals surface area contributed by atoms with Gasteiger partial charge in [0, 0.05) is 23.9 Å². The number of para-hydroxylation sites is 1. The highest BCUT2D eigenvalue weighted by atomic mass is 32.1. The predicted octanol–water partition coefficient (Wildman–Crippen LogP) is 2.76. The summed E-state index contributed by atoms with van der Waals surface area (Å²) in [6.45, 7) is 4.70. The van der Waals surface area contributed by atoms with Gasteiger partial charge in [-0.2, -0.15) is 5.10 Å². The molecule has 0 atom stereocenters. The van der Waals surface area contributed by atoms with E-state index in [2.05, 4.69) is 25.8 Å². The van der Waals surface area contributed by atoms with E-state index in [1.165, 1.54) is 22.7 Å². The molecular weight excluding hydrogens is 448 g/mol. The molecule has 0 saturated carbocycles. The zero-order valence-electron chi connectivity index (χ0n) is 17.2. The summed E-state index contributed by atoms with van der Waals surface area (Å²) in [6.07, 6.45) is 0. The number of hydrogen-bond acceptors (Lipinski definition) is 8. The summed E-state index contributed by atoms with van der Waals surface area (Å²) >= 11 is 2.72. The number of aryl methyl sites for hydroxylation is 1. The van der Waals surface area contributed by atoms with Crippen molar-refractivity contribution in [3.8, 4) is 5.69 Å². The van der Waals surface area contributed by atoms with Crippen LogP contribution in [0.25, 0.3) is 15.9 Å². The third kappa shape index (κ3) is 3.97. The van der Waals surface area contributed by atoms with E-state index in [9.17, 15) is 9.59 Å². The Balaban J connectivity index is 1.27. The van der Waals surface area contributed by atoms with Crippen LogP contribution in [0.5, 0.6) is 0 Å². The number of hydrogen-bond donors (Lipinski definition) is 2. The van der Waals surface area contributed by atoms with Crippen LogP contribution in [0.3, 0.4) is 0 Å². The maximum absolute atomic E-state index is 12.7. The molecule has 0 radical (unpaired) electrons. The molecule has 1 fully saturated rings. The SMILES string of the molecule is Cc1nn(-c2ccccc2)c2sc(C(=O)NNC(=O)c3csc(N4CCOCC4)n3)cc12. The van der Waals surface area contributed by atoms with Crippen molar-refractivity contribution >= 4 is 49.8 Å². The monoisotopic (exact) mass is 468 g/mol. The van der Waals surface area contributed by atoms with Crippen LogP contribution < -0.4 is 15.8 Å². The minimum Gasteiger partial charge on any atom is -0.378 e. The number of ether oxygens (including phenoxy) is 1. The lowest BCUT2D eigenvalue weighted by Crippen LogP contribution is -2.41. The number of hydrazine groups is 1. The Hall–Kier alpha value is -3.28. The van der Waals surface area contributed by atoms with Gasteiger partial charge in [-0.15, -0.1) is 22.7 Å². The first-order chi connectivity index (χ1) is 15.6. The minimum atomic E-state index is -0.457. The van der Waals surface area contributed by atoms with E-state index in [-0.39, 0.29) is 11.6 Å². The summed E-state index contributed by atoms with van der Waals surface area (Å²) in [7, 11) is 0. The molecule has 4 heterocycles. The van der Waals surface area contributed by atoms with E-state index in [4.69, 9.17) is 4.74 Å². The van der Waals surface area contributed by atoms with Crippen LogP contribution in [0.2, 0.25) is 0 Å². The van der Waals surface area contributed by atoms with Gasteiger partial charge in [0.15, 0.2) is 5.13 Å². The Morgan fingerprint density at radius 1 is 1.09 bits per heavy atom. The fourth-order valence-corrected chi connectivity index (χ4v) is 5.35. The van der Waals surface area contributed by atoms with Crippen molar-refractivity contribution in [2.45, 2.75) is 6.92 Å². The zero-order valence-corrected chi connectivity index (χ0v) is 18.8. The first-order valence-corrected chi connectivity index (χ1v) is 11.7. The smallest absolute Gasteiger partial charge is 0.289 e. The van der Waals surface area contributed by atoms with Crippen molar-refractivity contribution in [3.63, 3.8) is 0 Å². The predicted molar refractivity (Wildman–Crippen MR) is 124 cm³/mol. The molecule has 2 N–H and O–H groups in total. The molecule has 0 aliphatic carbocycles. The van der Waals surface area contributed by atoms with Gasteiger partial charge in [-0.1, -0.05) is 18.2 Å². The van der Waals surface area contributed by atoms with Crippen molar-refractivity contribution in [2.75, 3.05) is 31.2 Å². The number of nitrogens with one attached hydrogen (secondary N) is 2. The molecule has 1 saturated heterocycles. The number of amides is 2. The number of aromatic nitrogens is 3. The maximum Gasteiger partial charge on any atom is 0.289 e. The molecule has 0 bridgehead atoms. The number of fused-ring (bicyclic) bond motifs is 1. The minimum absolute atomic E-state index is 0.267. The third-order valence-electron chi connectivity index (χ3n) is 5.07. The highest BCUT2D eigenvalue weighted by molar-refractivity contribution is 7.20. The lowest BCUT2D eigenvalue weighted by molar-refractivity contribution is 0.0846. The van der Waals surface area contributed by atoms with E-state index >= 15 is 0 Å². The van der Waals surface area contributed by atoms with Gasteiger partial charge in [0.25, 0.3) is 11.8 Å². The Kier molecular flexibility index (Phi) is 5.60. The van der Waals surface area contributed by atoms with Gasteiger partial charge in [-0.25, -0.2) is 9.67 Å². The average Bonchev–Trinajstić information content (AvgIpc) is 3.55. The zero-order chi connectivity index (χ0) is 22.1. The van der Waals surface area contributed by atoms with Crippen LogP contribution in [-0.4, -0.2) is 52.9 Å². The number of carbonyl (C=O) groups is 2. The number of thiophene rings is 1. The highest BCUT2D eigenvalue weighted by Gasteiger charge is 2.20. The van der Waals surface area contributed by atoms with Crippen molar-refractivity contribution in [1.29, 1.82) is 0 Å². The van der Waals surface area contributed by atoms with Crippen LogP contribution in [0, 0.1) is 6.92 Å². The van der Waals surface area contributed by atoms with Gasteiger partial charge in [-0.05, 0) is 25.1 Å². The van der Waals surface area contributed by atoms with Crippen LogP contribution in [-0.2, 0) is 4.74 Å². The van der Waals surface area contributed by atoms with E-state index < -0.39 is 5.91 Å². The van der Waals surface area contributed by atoms with E-state index in [1.807, 2.05) is 41.9 Å². The van der Waals surface area contributed by atoms with E-state index in [0.717, 1.165) is 39.8 Å². The van der Waals surface area contributed by atoms with Gasteiger partial charge in [0.1, 0.15) is 10.5 Å². The molecule has 4 aromatic rings. The molecular formula is C21H20N6O3S2. The van der Waals surface area contributed by atoms with Crippen molar-refractivity contribution < 1.29 is 14.3 Å². The number of morpholine rings is 1. The Bertz CT molecular complexity index is 1270. The molecule has 1 aromatic carbocycles. The first kappa shape index (κ1) is 20.6. The molecule has 11 heteroatoms. The van der Waals surface area contributed by atoms with Crippen LogP contribution in [0.15, 0.2) is 41.8 Å². The number of benzene rings is 1. The number of anilines is 1. The summed E-state index contributed by atoms with van der Waals surface area (Å²) in [6, 6.07) is 11.5. The normalized spacial score (nSPS) is 14.0. The fourth-order valence-electron chi connectivity index (χ4n) is 3.41. The largest absolute Gasteiger partial charge is 0.378 e. The lowest BCUT2D eigenvalue weighted by Gasteiger charge is -2.25. The lowest BCUT2D eigenvalue weighted by atomic mass is 10.3. The summed E-state index contributed by atoms with van der Waals surface area (Å²) in [5, 5.41) is 7.95. The van der Waals surface area contributed by atoms with Crippen molar-refractivity contribution in [3.05, 3.63) is 58.0 Å². The second kappa shape index (κ2) is 8.69. The average molecular weight is 469 g/mol. The molecule has 32 heavy (non-hydrogen) atoms. The highest BCUT2D eigenvalue weighted by Crippen LogP contribution is 2.30. The van der Waals surface area contributed by atoms with Crippen LogP contribution >= 0.6 is 22.7 Å². The summed E-state index contributed by atoms with van der Waals surface area (Å²) < 4.78 is 7.17. The number of rotatable bonds is 4. The molecule has 0 unspecified atom stereocenters. The molecule has 3 aromatic heterocycles. The second-order valence-electron chi connectivity index (χ2n) is 7.19. The first-order valence-electron chi connectivity index (χ1n) is 10.0. The summed E-state index contributed by atoms with van der Waals surface area (Å²) in [5.74, 6) is -0.843. The number of carbonyl (C=O) groups excluding carboxylic acids is 2. The molecule has 1 aliphatic rings. The quantitative estimate of drug-likeness (QED) is 0.447. The Labute approximate surface area is 191 Å². The Morgan fingerprint density at radius 3 is 2.62 bits per heavy atom. The van der Waals surface area contributed by atoms with Gasteiger partial charge >= 0.3 is 0 Å². The van der Waals surface area contributed by atoms with E-state index in [1.54, 1.807) is 11.4 Å². The molecule has 5 rings (SSSR count). The van der Waals surface area contributed by atoms with Crippen LogP contribution in [0.1, 0.15) is 25.9 Å². The third-order valence-corrected chi connectivity index (χ3v) is 7.08. The molecule has 1 aliphatic heterocycles. The standard InChI is InChI=1S/C21H20N6O3S2/c1-13-15-11-17(32-20(15)27(25-13)14-5-3-2-4-6-14)19(29)24-23-18(28)16-12-31-21(22-16)26-7-9-30-10-8-26/h2-6,11-12H,7-10H2,1H3,(H,23,28)(H,24,29). The van der Waals surface area contributed by atoms with E-state index in [0.29, 0.717) is 18.1 Å². The van der Waals surface area contributed by atoms with Gasteiger partial charge < -0.3 is 9.64 Å². The number of nitrogens with zero attached hydrogens (tertiary/aromatic N) is 4. The molecule has 9 nitrogen and oxygen atoms in total. The topological polar surface area (TPSA) is 101 Å². The second-order valence-corrected chi connectivity index (χ2v) is 9.05. The summed E-state index contributed by atoms with van der Waals surface area (Å²) in [5.41, 5.74) is 6.97.